The van der Waals surface area contributed by atoms with Gasteiger partial charge in [0.2, 0.25) is 5.78 Å². The van der Waals surface area contributed by atoms with Crippen molar-refractivity contribution in [1.82, 2.24) is 10.3 Å². The molecule has 26 heavy (non-hydrogen) atoms. The van der Waals surface area contributed by atoms with Crippen LogP contribution in [0.4, 0.5) is 4.79 Å². The van der Waals surface area contributed by atoms with Crippen molar-refractivity contribution in [2.75, 3.05) is 7.11 Å². The first kappa shape index (κ1) is 19.0. The molecule has 0 saturated heterocycles. The van der Waals surface area contributed by atoms with Crippen molar-refractivity contribution in [3.63, 3.8) is 0 Å². The van der Waals surface area contributed by atoms with Gasteiger partial charge in [-0.1, -0.05) is 6.07 Å². The van der Waals surface area contributed by atoms with Crippen LogP contribution in [-0.2, 0) is 4.74 Å². The van der Waals surface area contributed by atoms with Gasteiger partial charge in [-0.15, -0.1) is 0 Å². The highest BCUT2D eigenvalue weighted by atomic mass is 16.6. The Morgan fingerprint density at radius 2 is 1.88 bits per heavy atom. The molecule has 0 aliphatic rings. The van der Waals surface area contributed by atoms with Gasteiger partial charge in [-0.25, -0.2) is 4.79 Å². The Balaban J connectivity index is 2.09. The zero-order valence-electron chi connectivity index (χ0n) is 14.9. The van der Waals surface area contributed by atoms with Crippen molar-refractivity contribution in [3.05, 3.63) is 71.3 Å². The van der Waals surface area contributed by atoms with Crippen molar-refractivity contribution in [2.45, 2.75) is 20.0 Å². The first-order chi connectivity index (χ1) is 12.4. The molecule has 0 bridgehead atoms. The molecule has 1 amide bonds. The maximum atomic E-state index is 12.6. The molecule has 2 rings (SSSR count). The SMILES string of the molecule is COc1ccc(C(=O)/C(NC(=O)OC(C)c2cccnc2)=C(/C)N)cc1. The number of rotatable bonds is 6. The number of amides is 1. The lowest BCUT2D eigenvalue weighted by Crippen LogP contribution is -2.31. The van der Waals surface area contributed by atoms with Crippen LogP contribution in [0.3, 0.4) is 0 Å². The van der Waals surface area contributed by atoms with E-state index in [0.717, 1.165) is 5.56 Å². The number of nitrogens with zero attached hydrogens (tertiary/aromatic N) is 1. The molecule has 3 N–H and O–H groups in total. The summed E-state index contributed by atoms with van der Waals surface area (Å²) in [5.74, 6) is 0.202. The first-order valence-electron chi connectivity index (χ1n) is 7.95. The predicted octanol–water partition coefficient (Wildman–Crippen LogP) is 2.95. The van der Waals surface area contributed by atoms with Crippen LogP contribution >= 0.6 is 0 Å². The largest absolute Gasteiger partial charge is 0.497 e. The third-order valence-corrected chi connectivity index (χ3v) is 3.64. The van der Waals surface area contributed by atoms with Gasteiger partial charge in [-0.2, -0.15) is 0 Å². The zero-order chi connectivity index (χ0) is 19.1. The lowest BCUT2D eigenvalue weighted by atomic mass is 10.1. The third kappa shape index (κ3) is 4.83. The maximum Gasteiger partial charge on any atom is 0.412 e. The number of hydrogen-bond acceptors (Lipinski definition) is 6. The summed E-state index contributed by atoms with van der Waals surface area (Å²) in [7, 11) is 1.53. The molecule has 0 fully saturated rings. The van der Waals surface area contributed by atoms with Crippen LogP contribution in [0.15, 0.2) is 60.2 Å². The second kappa shape index (κ2) is 8.66. The van der Waals surface area contributed by atoms with E-state index in [9.17, 15) is 9.59 Å². The number of benzene rings is 1. The first-order valence-corrected chi connectivity index (χ1v) is 7.95. The number of alkyl carbamates (subject to hydrolysis) is 1. The molecular formula is C19H21N3O4. The number of hydrogen-bond donors (Lipinski definition) is 2. The number of Topliss-reactive ketones (excluding diaryl/α,β-unsaturated/α-hetero) is 1. The molecule has 136 valence electrons. The van der Waals surface area contributed by atoms with Crippen molar-refractivity contribution in [3.8, 4) is 5.75 Å². The normalized spacial score (nSPS) is 12.6. The smallest absolute Gasteiger partial charge is 0.412 e. The second-order valence-corrected chi connectivity index (χ2v) is 5.57. The van der Waals surface area contributed by atoms with E-state index in [4.69, 9.17) is 15.2 Å². The molecule has 0 aliphatic carbocycles. The molecule has 7 heteroatoms. The van der Waals surface area contributed by atoms with Gasteiger partial charge in [-0.3, -0.25) is 15.1 Å². The number of carbonyl (C=O) groups excluding carboxylic acids is 2. The fourth-order valence-corrected chi connectivity index (χ4v) is 2.20. The van der Waals surface area contributed by atoms with Crippen molar-refractivity contribution < 1.29 is 19.1 Å². The molecule has 0 aliphatic heterocycles. The molecular weight excluding hydrogens is 334 g/mol. The average molecular weight is 355 g/mol. The summed E-state index contributed by atoms with van der Waals surface area (Å²) >= 11 is 0. The van der Waals surface area contributed by atoms with Crippen LogP contribution in [0.1, 0.15) is 35.9 Å². The minimum Gasteiger partial charge on any atom is -0.497 e. The van der Waals surface area contributed by atoms with E-state index in [1.54, 1.807) is 55.7 Å². The Hall–Kier alpha value is -3.35. The van der Waals surface area contributed by atoms with Crippen LogP contribution in [0, 0.1) is 0 Å². The summed E-state index contributed by atoms with van der Waals surface area (Å²) in [6, 6.07) is 10.0. The van der Waals surface area contributed by atoms with Gasteiger partial charge in [0, 0.05) is 29.2 Å². The van der Waals surface area contributed by atoms with Crippen LogP contribution in [0.25, 0.3) is 0 Å². The van der Waals surface area contributed by atoms with Gasteiger partial charge >= 0.3 is 6.09 Å². The number of ether oxygens (including phenoxy) is 2. The number of nitrogens with one attached hydrogen (secondary N) is 1. The van der Waals surface area contributed by atoms with E-state index in [1.165, 1.54) is 14.0 Å². The lowest BCUT2D eigenvalue weighted by molar-refractivity contribution is 0.0974. The maximum absolute atomic E-state index is 12.6. The molecule has 2 aromatic rings. The number of carbonyl (C=O) groups is 2. The van der Waals surface area contributed by atoms with Gasteiger partial charge < -0.3 is 15.2 Å². The monoisotopic (exact) mass is 355 g/mol. The molecule has 7 nitrogen and oxygen atoms in total. The van der Waals surface area contributed by atoms with Gasteiger partial charge in [-0.05, 0) is 44.2 Å². The zero-order valence-corrected chi connectivity index (χ0v) is 14.9. The highest BCUT2D eigenvalue weighted by Gasteiger charge is 2.20. The Morgan fingerprint density at radius 3 is 2.42 bits per heavy atom. The number of pyridine rings is 1. The molecule has 1 unspecified atom stereocenters. The van der Waals surface area contributed by atoms with Crippen LogP contribution in [0.2, 0.25) is 0 Å². The highest BCUT2D eigenvalue weighted by Crippen LogP contribution is 2.17. The molecule has 1 heterocycles. The van der Waals surface area contributed by atoms with Crippen LogP contribution in [0.5, 0.6) is 5.75 Å². The highest BCUT2D eigenvalue weighted by molar-refractivity contribution is 6.10. The van der Waals surface area contributed by atoms with E-state index in [2.05, 4.69) is 10.3 Å². The predicted molar refractivity (Wildman–Crippen MR) is 96.5 cm³/mol. The molecule has 1 atom stereocenters. The molecule has 1 aromatic carbocycles. The summed E-state index contributed by atoms with van der Waals surface area (Å²) in [4.78, 5) is 28.8. The third-order valence-electron chi connectivity index (χ3n) is 3.64. The van der Waals surface area contributed by atoms with Crippen LogP contribution in [-0.4, -0.2) is 24.0 Å². The Kier molecular flexibility index (Phi) is 6.32. The van der Waals surface area contributed by atoms with Gasteiger partial charge in [0.1, 0.15) is 17.6 Å². The summed E-state index contributed by atoms with van der Waals surface area (Å²) < 4.78 is 10.4. The standard InChI is InChI=1S/C19H21N3O4/c1-12(20)17(18(23)14-6-8-16(25-3)9-7-14)22-19(24)26-13(2)15-5-4-10-21-11-15/h4-11,13H,20H2,1-3H3,(H,22,24)/b17-12+. The number of ketones is 1. The molecule has 1 aromatic heterocycles. The topological polar surface area (TPSA) is 104 Å². The van der Waals surface area contributed by atoms with E-state index >= 15 is 0 Å². The minimum atomic E-state index is -0.775. The summed E-state index contributed by atoms with van der Waals surface area (Å²) in [5.41, 5.74) is 7.03. The van der Waals surface area contributed by atoms with Crippen LogP contribution < -0.4 is 15.8 Å². The second-order valence-electron chi connectivity index (χ2n) is 5.57. The summed E-state index contributed by atoms with van der Waals surface area (Å²) in [5, 5.41) is 2.44. The van der Waals surface area contributed by atoms with E-state index < -0.39 is 18.0 Å². The fourth-order valence-electron chi connectivity index (χ4n) is 2.20. The van der Waals surface area contributed by atoms with E-state index in [0.29, 0.717) is 11.3 Å². The number of methoxy groups -OCH3 is 1. The number of aromatic nitrogens is 1. The van der Waals surface area contributed by atoms with E-state index in [-0.39, 0.29) is 11.4 Å². The van der Waals surface area contributed by atoms with Gasteiger partial charge in [0.15, 0.2) is 0 Å². The fraction of sp³-hybridized carbons (Fsp3) is 0.211. The summed E-state index contributed by atoms with van der Waals surface area (Å²) in [6.07, 6.45) is 1.93. The minimum absolute atomic E-state index is 0.0291. The molecule has 0 saturated carbocycles. The van der Waals surface area contributed by atoms with Gasteiger partial charge in [0.25, 0.3) is 0 Å². The molecule has 0 radical (unpaired) electrons. The van der Waals surface area contributed by atoms with Gasteiger partial charge in [0.05, 0.1) is 7.11 Å². The molecule has 0 spiro atoms. The van der Waals surface area contributed by atoms with Crippen molar-refractivity contribution in [1.29, 1.82) is 0 Å². The number of allylic oxidation sites excluding steroid dienone is 2. The lowest BCUT2D eigenvalue weighted by Gasteiger charge is -2.16. The quantitative estimate of drug-likeness (QED) is 0.610. The average Bonchev–Trinajstić information content (AvgIpc) is 2.66. The number of nitrogens with two attached hydrogens (primary N) is 1. The summed E-state index contributed by atoms with van der Waals surface area (Å²) in [6.45, 7) is 3.24. The Bertz CT molecular complexity index is 797. The Morgan fingerprint density at radius 1 is 1.19 bits per heavy atom. The Labute approximate surface area is 151 Å². The van der Waals surface area contributed by atoms with E-state index in [1.807, 2.05) is 0 Å². The van der Waals surface area contributed by atoms with Crippen molar-refractivity contribution >= 4 is 11.9 Å². The van der Waals surface area contributed by atoms with Crippen molar-refractivity contribution in [2.24, 2.45) is 5.73 Å².